The number of hydrogen-bond donors (Lipinski definition) is 1. The number of aromatic nitrogens is 1. The molecule has 1 aromatic heterocycles. The summed E-state index contributed by atoms with van der Waals surface area (Å²) in [5.41, 5.74) is 0.689. The molecule has 0 aliphatic carbocycles. The summed E-state index contributed by atoms with van der Waals surface area (Å²) in [6.07, 6.45) is 3.23. The Morgan fingerprint density at radius 3 is 2.71 bits per heavy atom. The standard InChI is InChI=1S/C11H16N2O/c1-3-7-12-11-6-5-9(8-13-11)10(14)4-2/h5-6,8H,3-4,7H2,1-2H3,(H,12,13). The largest absolute Gasteiger partial charge is 0.370 e. The van der Waals surface area contributed by atoms with Gasteiger partial charge < -0.3 is 5.32 Å². The van der Waals surface area contributed by atoms with Gasteiger partial charge in [-0.3, -0.25) is 4.79 Å². The zero-order chi connectivity index (χ0) is 10.4. The lowest BCUT2D eigenvalue weighted by atomic mass is 10.1. The summed E-state index contributed by atoms with van der Waals surface area (Å²) >= 11 is 0. The number of hydrogen-bond acceptors (Lipinski definition) is 3. The lowest BCUT2D eigenvalue weighted by Gasteiger charge is -2.03. The molecule has 1 heterocycles. The van der Waals surface area contributed by atoms with Crippen LogP contribution in [0.25, 0.3) is 0 Å². The van der Waals surface area contributed by atoms with Crippen LogP contribution in [0.15, 0.2) is 18.3 Å². The summed E-state index contributed by atoms with van der Waals surface area (Å²) in [5, 5.41) is 3.16. The van der Waals surface area contributed by atoms with Gasteiger partial charge in [-0.15, -0.1) is 0 Å². The Morgan fingerprint density at radius 1 is 1.43 bits per heavy atom. The van der Waals surface area contributed by atoms with Crippen LogP contribution in [-0.2, 0) is 0 Å². The number of rotatable bonds is 5. The number of carbonyl (C=O) groups excluding carboxylic acids is 1. The van der Waals surface area contributed by atoms with E-state index in [-0.39, 0.29) is 5.78 Å². The molecule has 0 aliphatic rings. The number of anilines is 1. The average Bonchev–Trinajstić information content (AvgIpc) is 2.26. The molecule has 0 saturated carbocycles. The zero-order valence-electron chi connectivity index (χ0n) is 8.71. The second kappa shape index (κ2) is 5.37. The van der Waals surface area contributed by atoms with Gasteiger partial charge in [0.15, 0.2) is 5.78 Å². The van der Waals surface area contributed by atoms with E-state index in [4.69, 9.17) is 0 Å². The number of nitrogens with one attached hydrogen (secondary N) is 1. The van der Waals surface area contributed by atoms with E-state index in [0.29, 0.717) is 12.0 Å². The minimum Gasteiger partial charge on any atom is -0.370 e. The molecule has 0 aliphatic heterocycles. The predicted octanol–water partition coefficient (Wildman–Crippen LogP) is 2.50. The molecule has 0 amide bonds. The SMILES string of the molecule is CCCNc1ccc(C(=O)CC)cn1. The molecule has 0 bridgehead atoms. The van der Waals surface area contributed by atoms with Crippen molar-refractivity contribution in [2.45, 2.75) is 26.7 Å². The van der Waals surface area contributed by atoms with Crippen molar-refractivity contribution in [2.75, 3.05) is 11.9 Å². The molecule has 0 spiro atoms. The third kappa shape index (κ3) is 2.83. The van der Waals surface area contributed by atoms with E-state index < -0.39 is 0 Å². The fourth-order valence-electron chi connectivity index (χ4n) is 1.12. The second-order valence-electron chi connectivity index (χ2n) is 3.14. The summed E-state index contributed by atoms with van der Waals surface area (Å²) in [6.45, 7) is 4.86. The van der Waals surface area contributed by atoms with Crippen molar-refractivity contribution in [3.05, 3.63) is 23.9 Å². The summed E-state index contributed by atoms with van der Waals surface area (Å²) in [7, 11) is 0. The van der Waals surface area contributed by atoms with Crippen LogP contribution in [0.5, 0.6) is 0 Å². The summed E-state index contributed by atoms with van der Waals surface area (Å²) < 4.78 is 0. The fraction of sp³-hybridized carbons (Fsp3) is 0.455. The monoisotopic (exact) mass is 192 g/mol. The highest BCUT2D eigenvalue weighted by molar-refractivity contribution is 5.95. The molecule has 1 aromatic rings. The van der Waals surface area contributed by atoms with Gasteiger partial charge in [-0.2, -0.15) is 0 Å². The van der Waals surface area contributed by atoms with Crippen molar-refractivity contribution in [1.82, 2.24) is 4.98 Å². The Balaban J connectivity index is 2.63. The Hall–Kier alpha value is -1.38. The lowest BCUT2D eigenvalue weighted by Crippen LogP contribution is -2.03. The third-order valence-electron chi connectivity index (χ3n) is 1.96. The zero-order valence-corrected chi connectivity index (χ0v) is 8.71. The Bertz CT molecular complexity index is 293. The fourth-order valence-corrected chi connectivity index (χ4v) is 1.12. The number of nitrogens with zero attached hydrogens (tertiary/aromatic N) is 1. The second-order valence-corrected chi connectivity index (χ2v) is 3.14. The van der Waals surface area contributed by atoms with Crippen molar-refractivity contribution in [3.8, 4) is 0 Å². The maximum absolute atomic E-state index is 11.3. The molecule has 0 atom stereocenters. The molecule has 1 rings (SSSR count). The van der Waals surface area contributed by atoms with Gasteiger partial charge in [0, 0.05) is 24.7 Å². The molecule has 0 aromatic carbocycles. The topological polar surface area (TPSA) is 42.0 Å². The van der Waals surface area contributed by atoms with Crippen molar-refractivity contribution in [2.24, 2.45) is 0 Å². The van der Waals surface area contributed by atoms with Crippen molar-refractivity contribution in [3.63, 3.8) is 0 Å². The normalized spacial score (nSPS) is 9.86. The van der Waals surface area contributed by atoms with Crippen molar-refractivity contribution < 1.29 is 4.79 Å². The predicted molar refractivity (Wildman–Crippen MR) is 57.6 cm³/mol. The first-order valence-electron chi connectivity index (χ1n) is 5.01. The van der Waals surface area contributed by atoms with Gasteiger partial charge in [0.1, 0.15) is 5.82 Å². The lowest BCUT2D eigenvalue weighted by molar-refractivity contribution is 0.0988. The summed E-state index contributed by atoms with van der Waals surface area (Å²) in [6, 6.07) is 3.66. The molecule has 3 heteroatoms. The summed E-state index contributed by atoms with van der Waals surface area (Å²) in [5.74, 6) is 0.971. The van der Waals surface area contributed by atoms with Crippen LogP contribution < -0.4 is 5.32 Å². The Labute approximate surface area is 84.6 Å². The van der Waals surface area contributed by atoms with Gasteiger partial charge in [0.2, 0.25) is 0 Å². The Morgan fingerprint density at radius 2 is 2.21 bits per heavy atom. The molecule has 0 fully saturated rings. The number of Topliss-reactive ketones (excluding diaryl/α,β-unsaturated/α-hetero) is 1. The van der Waals surface area contributed by atoms with Gasteiger partial charge in [-0.25, -0.2) is 4.98 Å². The van der Waals surface area contributed by atoms with Gasteiger partial charge in [0.25, 0.3) is 0 Å². The maximum atomic E-state index is 11.3. The summed E-state index contributed by atoms with van der Waals surface area (Å²) in [4.78, 5) is 15.4. The molecule has 0 unspecified atom stereocenters. The van der Waals surface area contributed by atoms with Crippen LogP contribution in [0.2, 0.25) is 0 Å². The minimum atomic E-state index is 0.138. The van der Waals surface area contributed by atoms with Gasteiger partial charge in [0.05, 0.1) is 0 Å². The molecule has 76 valence electrons. The first-order valence-corrected chi connectivity index (χ1v) is 5.01. The number of carbonyl (C=O) groups is 1. The van der Waals surface area contributed by atoms with E-state index in [1.807, 2.05) is 19.1 Å². The molecular weight excluding hydrogens is 176 g/mol. The van der Waals surface area contributed by atoms with Gasteiger partial charge in [-0.05, 0) is 18.6 Å². The van der Waals surface area contributed by atoms with E-state index in [2.05, 4.69) is 17.2 Å². The van der Waals surface area contributed by atoms with Crippen LogP contribution in [-0.4, -0.2) is 17.3 Å². The molecule has 14 heavy (non-hydrogen) atoms. The van der Waals surface area contributed by atoms with Crippen LogP contribution in [0.1, 0.15) is 37.0 Å². The Kier molecular flexibility index (Phi) is 4.11. The average molecular weight is 192 g/mol. The highest BCUT2D eigenvalue weighted by Gasteiger charge is 2.02. The van der Waals surface area contributed by atoms with E-state index in [9.17, 15) is 4.79 Å². The van der Waals surface area contributed by atoms with Crippen LogP contribution in [0, 0.1) is 0 Å². The van der Waals surface area contributed by atoms with Gasteiger partial charge >= 0.3 is 0 Å². The highest BCUT2D eigenvalue weighted by Crippen LogP contribution is 2.06. The quantitative estimate of drug-likeness (QED) is 0.729. The number of ketones is 1. The van der Waals surface area contributed by atoms with E-state index in [1.165, 1.54) is 0 Å². The first kappa shape index (κ1) is 10.7. The first-order chi connectivity index (χ1) is 6.77. The molecule has 0 radical (unpaired) electrons. The molecule has 1 N–H and O–H groups in total. The maximum Gasteiger partial charge on any atom is 0.164 e. The van der Waals surface area contributed by atoms with Gasteiger partial charge in [-0.1, -0.05) is 13.8 Å². The number of pyridine rings is 1. The highest BCUT2D eigenvalue weighted by atomic mass is 16.1. The van der Waals surface area contributed by atoms with Crippen LogP contribution in [0.4, 0.5) is 5.82 Å². The van der Waals surface area contributed by atoms with Crippen LogP contribution >= 0.6 is 0 Å². The molecule has 3 nitrogen and oxygen atoms in total. The van der Waals surface area contributed by atoms with Crippen LogP contribution in [0.3, 0.4) is 0 Å². The van der Waals surface area contributed by atoms with E-state index >= 15 is 0 Å². The van der Waals surface area contributed by atoms with E-state index in [1.54, 1.807) is 6.20 Å². The minimum absolute atomic E-state index is 0.138. The smallest absolute Gasteiger partial charge is 0.164 e. The van der Waals surface area contributed by atoms with E-state index in [0.717, 1.165) is 18.8 Å². The molecular formula is C11H16N2O. The van der Waals surface area contributed by atoms with Crippen molar-refractivity contribution >= 4 is 11.6 Å². The third-order valence-corrected chi connectivity index (χ3v) is 1.96. The molecule has 0 saturated heterocycles. The van der Waals surface area contributed by atoms with Crippen molar-refractivity contribution in [1.29, 1.82) is 0 Å².